The Morgan fingerprint density at radius 2 is 1.77 bits per heavy atom. The van der Waals surface area contributed by atoms with Gasteiger partial charge in [0.25, 0.3) is 0 Å². The van der Waals surface area contributed by atoms with Crippen LogP contribution >= 0.6 is 0 Å². The molecule has 1 amide bonds. The fraction of sp³-hybridized carbons (Fsp3) is 0.381. The number of phenolic OH excluding ortho intramolecular Hbond substituents is 2. The topological polar surface area (TPSA) is 64.0 Å². The first-order valence-corrected chi connectivity index (χ1v) is 9.08. The van der Waals surface area contributed by atoms with Crippen LogP contribution in [0.1, 0.15) is 30.0 Å². The number of aromatic hydroxyl groups is 2. The summed E-state index contributed by atoms with van der Waals surface area (Å²) in [5.74, 6) is -0.386. The Morgan fingerprint density at radius 3 is 2.42 bits per heavy atom. The first kappa shape index (κ1) is 18.3. The summed E-state index contributed by atoms with van der Waals surface area (Å²) in [5.41, 5.74) is 1.81. The molecule has 1 heterocycles. The maximum atomic E-state index is 12.9. The van der Waals surface area contributed by atoms with E-state index in [1.54, 1.807) is 11.0 Å². The standard InChI is InChI=1S/C21H26N2O3/c1-22(21(26)14-16-9-10-19(24)20(25)13-16)18(15-23-11-5-6-12-23)17-7-3-2-4-8-17/h2-4,7-10,13,18,24-25H,5-6,11-12,14-15H2,1H3. The number of rotatable bonds is 6. The van der Waals surface area contributed by atoms with E-state index < -0.39 is 0 Å². The molecule has 0 aliphatic carbocycles. The maximum absolute atomic E-state index is 12.9. The lowest BCUT2D eigenvalue weighted by atomic mass is 10.0. The molecular formula is C21H26N2O3. The molecular weight excluding hydrogens is 328 g/mol. The third kappa shape index (κ3) is 4.35. The Hall–Kier alpha value is -2.53. The van der Waals surface area contributed by atoms with Gasteiger partial charge in [-0.25, -0.2) is 0 Å². The SMILES string of the molecule is CN(C(=O)Cc1ccc(O)c(O)c1)C(CN1CCCC1)c1ccccc1. The van der Waals surface area contributed by atoms with Crippen molar-refractivity contribution in [2.24, 2.45) is 0 Å². The molecule has 1 atom stereocenters. The van der Waals surface area contributed by atoms with E-state index >= 15 is 0 Å². The second-order valence-electron chi connectivity index (χ2n) is 6.94. The molecule has 1 saturated heterocycles. The van der Waals surface area contributed by atoms with Gasteiger partial charge in [0.05, 0.1) is 12.5 Å². The average Bonchev–Trinajstić information content (AvgIpc) is 3.16. The van der Waals surface area contributed by atoms with Crippen LogP contribution in [0.4, 0.5) is 0 Å². The smallest absolute Gasteiger partial charge is 0.227 e. The van der Waals surface area contributed by atoms with Gasteiger partial charge in [-0.2, -0.15) is 0 Å². The average molecular weight is 354 g/mol. The predicted molar refractivity (Wildman–Crippen MR) is 101 cm³/mol. The van der Waals surface area contributed by atoms with E-state index in [0.29, 0.717) is 5.56 Å². The summed E-state index contributed by atoms with van der Waals surface area (Å²) in [7, 11) is 1.84. The molecule has 138 valence electrons. The van der Waals surface area contributed by atoms with Crippen LogP contribution in [0, 0.1) is 0 Å². The monoisotopic (exact) mass is 354 g/mol. The Morgan fingerprint density at radius 1 is 1.08 bits per heavy atom. The van der Waals surface area contributed by atoms with Crippen LogP contribution in [0.15, 0.2) is 48.5 Å². The molecule has 5 heteroatoms. The minimum absolute atomic E-state index is 0.00693. The number of carbonyl (C=O) groups excluding carboxylic acids is 1. The summed E-state index contributed by atoms with van der Waals surface area (Å²) in [6.07, 6.45) is 2.62. The molecule has 26 heavy (non-hydrogen) atoms. The normalized spacial score (nSPS) is 15.7. The molecule has 1 aliphatic heterocycles. The number of phenols is 2. The molecule has 2 N–H and O–H groups in total. The highest BCUT2D eigenvalue weighted by molar-refractivity contribution is 5.79. The van der Waals surface area contributed by atoms with Gasteiger partial charge in [0.2, 0.25) is 5.91 Å². The maximum Gasteiger partial charge on any atom is 0.227 e. The van der Waals surface area contributed by atoms with E-state index in [-0.39, 0.29) is 29.9 Å². The number of hydrogen-bond donors (Lipinski definition) is 2. The van der Waals surface area contributed by atoms with Crippen molar-refractivity contribution < 1.29 is 15.0 Å². The second kappa shape index (κ2) is 8.23. The minimum Gasteiger partial charge on any atom is -0.504 e. The van der Waals surface area contributed by atoms with Gasteiger partial charge in [0.1, 0.15) is 0 Å². The molecule has 5 nitrogen and oxygen atoms in total. The third-order valence-electron chi connectivity index (χ3n) is 5.07. The van der Waals surface area contributed by atoms with Gasteiger partial charge in [-0.1, -0.05) is 36.4 Å². The summed E-state index contributed by atoms with van der Waals surface area (Å²) < 4.78 is 0. The van der Waals surface area contributed by atoms with E-state index in [1.165, 1.54) is 25.0 Å². The lowest BCUT2D eigenvalue weighted by Crippen LogP contribution is -2.39. The molecule has 0 aromatic heterocycles. The van der Waals surface area contributed by atoms with Crippen molar-refractivity contribution in [2.75, 3.05) is 26.7 Å². The van der Waals surface area contributed by atoms with E-state index in [0.717, 1.165) is 25.2 Å². The first-order chi connectivity index (χ1) is 12.5. The van der Waals surface area contributed by atoms with Crippen molar-refractivity contribution in [3.63, 3.8) is 0 Å². The minimum atomic E-state index is -0.199. The Labute approximate surface area is 154 Å². The summed E-state index contributed by atoms with van der Waals surface area (Å²) in [6, 6.07) is 14.6. The molecule has 0 bridgehead atoms. The molecule has 1 unspecified atom stereocenters. The van der Waals surface area contributed by atoms with Gasteiger partial charge >= 0.3 is 0 Å². The van der Waals surface area contributed by atoms with E-state index in [4.69, 9.17) is 0 Å². The van der Waals surface area contributed by atoms with E-state index in [2.05, 4.69) is 17.0 Å². The number of nitrogens with zero attached hydrogens (tertiary/aromatic N) is 2. The quantitative estimate of drug-likeness (QED) is 0.783. The van der Waals surface area contributed by atoms with Crippen molar-refractivity contribution in [1.82, 2.24) is 9.80 Å². The summed E-state index contributed by atoms with van der Waals surface area (Å²) in [6.45, 7) is 2.99. The second-order valence-corrected chi connectivity index (χ2v) is 6.94. The largest absolute Gasteiger partial charge is 0.504 e. The Kier molecular flexibility index (Phi) is 5.78. The highest BCUT2D eigenvalue weighted by atomic mass is 16.3. The number of carbonyl (C=O) groups is 1. The van der Waals surface area contributed by atoms with Crippen molar-refractivity contribution in [2.45, 2.75) is 25.3 Å². The van der Waals surface area contributed by atoms with Crippen LogP contribution in [0.25, 0.3) is 0 Å². The van der Waals surface area contributed by atoms with E-state index in [1.807, 2.05) is 25.2 Å². The Balaban J connectivity index is 1.75. The van der Waals surface area contributed by atoms with E-state index in [9.17, 15) is 15.0 Å². The lowest BCUT2D eigenvalue weighted by molar-refractivity contribution is -0.131. The summed E-state index contributed by atoms with van der Waals surface area (Å²) in [4.78, 5) is 17.1. The zero-order valence-corrected chi connectivity index (χ0v) is 15.1. The number of likely N-dealkylation sites (tertiary alicyclic amines) is 1. The van der Waals surface area contributed by atoms with Crippen molar-refractivity contribution in [1.29, 1.82) is 0 Å². The van der Waals surface area contributed by atoms with Gasteiger partial charge in [0, 0.05) is 13.6 Å². The molecule has 0 saturated carbocycles. The van der Waals surface area contributed by atoms with Gasteiger partial charge < -0.3 is 20.0 Å². The zero-order valence-electron chi connectivity index (χ0n) is 15.1. The van der Waals surface area contributed by atoms with Crippen LogP contribution in [-0.4, -0.2) is 52.6 Å². The van der Waals surface area contributed by atoms with Gasteiger partial charge in [-0.05, 0) is 49.2 Å². The summed E-state index contributed by atoms with van der Waals surface area (Å²) in [5, 5.41) is 19.1. The van der Waals surface area contributed by atoms with Crippen LogP contribution < -0.4 is 0 Å². The molecule has 0 radical (unpaired) electrons. The van der Waals surface area contributed by atoms with Gasteiger partial charge in [0.15, 0.2) is 11.5 Å². The first-order valence-electron chi connectivity index (χ1n) is 9.08. The van der Waals surface area contributed by atoms with Crippen LogP contribution in [0.3, 0.4) is 0 Å². The van der Waals surface area contributed by atoms with Crippen LogP contribution in [-0.2, 0) is 11.2 Å². The lowest BCUT2D eigenvalue weighted by Gasteiger charge is -2.32. The number of benzene rings is 2. The Bertz CT molecular complexity index is 742. The highest BCUT2D eigenvalue weighted by Gasteiger charge is 2.25. The molecule has 2 aromatic rings. The van der Waals surface area contributed by atoms with Crippen LogP contribution in [0.5, 0.6) is 11.5 Å². The fourth-order valence-corrected chi connectivity index (χ4v) is 3.49. The molecule has 0 spiro atoms. The highest BCUT2D eigenvalue weighted by Crippen LogP contribution is 2.27. The van der Waals surface area contributed by atoms with Crippen molar-refractivity contribution in [3.05, 3.63) is 59.7 Å². The molecule has 2 aromatic carbocycles. The number of hydrogen-bond acceptors (Lipinski definition) is 4. The molecule has 1 aliphatic rings. The van der Waals surface area contributed by atoms with Crippen molar-refractivity contribution >= 4 is 5.91 Å². The number of likely N-dealkylation sites (N-methyl/N-ethyl adjacent to an activating group) is 1. The number of amides is 1. The zero-order chi connectivity index (χ0) is 18.5. The third-order valence-corrected chi connectivity index (χ3v) is 5.07. The summed E-state index contributed by atoms with van der Waals surface area (Å²) >= 11 is 0. The molecule has 3 rings (SSSR count). The van der Waals surface area contributed by atoms with Gasteiger partial charge in [-0.3, -0.25) is 4.79 Å². The fourth-order valence-electron chi connectivity index (χ4n) is 3.49. The molecule has 1 fully saturated rings. The van der Waals surface area contributed by atoms with Crippen LogP contribution in [0.2, 0.25) is 0 Å². The predicted octanol–water partition coefficient (Wildman–Crippen LogP) is 2.94. The van der Waals surface area contributed by atoms with Crippen molar-refractivity contribution in [3.8, 4) is 11.5 Å². The van der Waals surface area contributed by atoms with Gasteiger partial charge in [-0.15, -0.1) is 0 Å².